The van der Waals surface area contributed by atoms with E-state index in [1.165, 1.54) is 6.33 Å². The lowest BCUT2D eigenvalue weighted by atomic mass is 10.2. The van der Waals surface area contributed by atoms with Crippen LogP contribution >= 0.6 is 11.6 Å². The fourth-order valence-electron chi connectivity index (χ4n) is 1.05. The van der Waals surface area contributed by atoms with E-state index in [4.69, 9.17) is 17.3 Å². The molecular weight excluding hydrogens is 174 g/mol. The Labute approximate surface area is 74.2 Å². The summed E-state index contributed by atoms with van der Waals surface area (Å²) in [4.78, 5) is 7.89. The number of hydrogen-bond acceptors (Lipinski definition) is 3. The molecule has 0 spiro atoms. The van der Waals surface area contributed by atoms with Crippen molar-refractivity contribution < 1.29 is 0 Å². The molecule has 1 aromatic carbocycles. The van der Waals surface area contributed by atoms with E-state index in [-0.39, 0.29) is 0 Å². The number of rotatable bonds is 0. The molecule has 2 aromatic rings. The maximum Gasteiger partial charge on any atom is 0.116 e. The smallest absolute Gasteiger partial charge is 0.116 e. The van der Waals surface area contributed by atoms with E-state index in [0.717, 1.165) is 5.39 Å². The van der Waals surface area contributed by atoms with Crippen LogP contribution in [-0.2, 0) is 0 Å². The Morgan fingerprint density at radius 2 is 2.17 bits per heavy atom. The summed E-state index contributed by atoms with van der Waals surface area (Å²) in [5.41, 5.74) is 6.91. The molecule has 12 heavy (non-hydrogen) atoms. The lowest BCUT2D eigenvalue weighted by Gasteiger charge is -2.00. The van der Waals surface area contributed by atoms with Crippen LogP contribution in [0.2, 0.25) is 5.02 Å². The topological polar surface area (TPSA) is 51.8 Å². The highest BCUT2D eigenvalue weighted by Gasteiger charge is 2.01. The van der Waals surface area contributed by atoms with Crippen LogP contribution in [0.1, 0.15) is 0 Å². The maximum absolute atomic E-state index is 5.80. The first kappa shape index (κ1) is 7.31. The molecule has 0 unspecified atom stereocenters. The van der Waals surface area contributed by atoms with Gasteiger partial charge in [0.15, 0.2) is 0 Å². The van der Waals surface area contributed by atoms with Crippen molar-refractivity contribution in [1.82, 2.24) is 9.97 Å². The summed E-state index contributed by atoms with van der Waals surface area (Å²) in [7, 11) is 0. The number of hydrogen-bond donors (Lipinski definition) is 1. The molecule has 2 rings (SSSR count). The Morgan fingerprint density at radius 1 is 1.33 bits per heavy atom. The van der Waals surface area contributed by atoms with Crippen LogP contribution in [0, 0.1) is 0 Å². The SMILES string of the molecule is Nc1c(Cl)ccc2cncnc12. The molecule has 0 aliphatic rings. The normalized spacial score (nSPS) is 10.4. The Hall–Kier alpha value is -1.35. The van der Waals surface area contributed by atoms with Crippen LogP contribution < -0.4 is 5.73 Å². The predicted molar refractivity (Wildman–Crippen MR) is 49.0 cm³/mol. The monoisotopic (exact) mass is 179 g/mol. The number of fused-ring (bicyclic) bond motifs is 1. The molecule has 0 saturated carbocycles. The Bertz CT molecular complexity index is 428. The summed E-state index contributed by atoms with van der Waals surface area (Å²) in [5.74, 6) is 0. The molecule has 0 saturated heterocycles. The number of halogens is 1. The molecule has 4 heteroatoms. The summed E-state index contributed by atoms with van der Waals surface area (Å²) in [6, 6.07) is 3.58. The maximum atomic E-state index is 5.80. The van der Waals surface area contributed by atoms with Gasteiger partial charge in [-0.05, 0) is 12.1 Å². The van der Waals surface area contributed by atoms with Gasteiger partial charge in [0.05, 0.1) is 16.2 Å². The second-order valence-corrected chi connectivity index (χ2v) is 2.83. The molecule has 1 heterocycles. The Morgan fingerprint density at radius 3 is 3.00 bits per heavy atom. The van der Waals surface area contributed by atoms with E-state index in [0.29, 0.717) is 16.2 Å². The van der Waals surface area contributed by atoms with Gasteiger partial charge in [0.2, 0.25) is 0 Å². The first-order chi connectivity index (χ1) is 5.79. The molecule has 0 aliphatic heterocycles. The van der Waals surface area contributed by atoms with E-state index in [1.54, 1.807) is 12.3 Å². The zero-order chi connectivity index (χ0) is 8.55. The molecule has 0 bridgehead atoms. The van der Waals surface area contributed by atoms with Crippen molar-refractivity contribution in [3.05, 3.63) is 29.7 Å². The van der Waals surface area contributed by atoms with E-state index in [9.17, 15) is 0 Å². The second-order valence-electron chi connectivity index (χ2n) is 2.42. The molecule has 60 valence electrons. The number of aromatic nitrogens is 2. The van der Waals surface area contributed by atoms with Gasteiger partial charge in [-0.1, -0.05) is 11.6 Å². The Kier molecular flexibility index (Phi) is 1.59. The number of anilines is 1. The van der Waals surface area contributed by atoms with Crippen molar-refractivity contribution >= 4 is 28.2 Å². The third-order valence-corrected chi connectivity index (χ3v) is 1.99. The fraction of sp³-hybridized carbons (Fsp3) is 0. The van der Waals surface area contributed by atoms with Crippen molar-refractivity contribution in [2.45, 2.75) is 0 Å². The molecule has 3 nitrogen and oxygen atoms in total. The van der Waals surface area contributed by atoms with E-state index in [2.05, 4.69) is 9.97 Å². The van der Waals surface area contributed by atoms with Crippen molar-refractivity contribution in [3.63, 3.8) is 0 Å². The highest BCUT2D eigenvalue weighted by Crippen LogP contribution is 2.25. The van der Waals surface area contributed by atoms with Gasteiger partial charge in [0, 0.05) is 11.6 Å². The van der Waals surface area contributed by atoms with E-state index >= 15 is 0 Å². The zero-order valence-corrected chi connectivity index (χ0v) is 6.92. The fourth-order valence-corrected chi connectivity index (χ4v) is 1.21. The zero-order valence-electron chi connectivity index (χ0n) is 6.16. The number of nitrogens with zero attached hydrogens (tertiary/aromatic N) is 2. The van der Waals surface area contributed by atoms with Crippen molar-refractivity contribution in [2.75, 3.05) is 5.73 Å². The second kappa shape index (κ2) is 2.60. The minimum atomic E-state index is 0.511. The lowest BCUT2D eigenvalue weighted by Crippen LogP contribution is -1.91. The van der Waals surface area contributed by atoms with Crippen LogP contribution in [0.4, 0.5) is 5.69 Å². The van der Waals surface area contributed by atoms with Gasteiger partial charge in [0.25, 0.3) is 0 Å². The number of nitrogens with two attached hydrogens (primary N) is 1. The molecule has 0 aliphatic carbocycles. The van der Waals surface area contributed by atoms with Crippen LogP contribution in [-0.4, -0.2) is 9.97 Å². The van der Waals surface area contributed by atoms with Gasteiger partial charge in [-0.25, -0.2) is 9.97 Å². The molecule has 1 aromatic heterocycles. The van der Waals surface area contributed by atoms with Crippen LogP contribution in [0.25, 0.3) is 10.9 Å². The van der Waals surface area contributed by atoms with Gasteiger partial charge >= 0.3 is 0 Å². The average molecular weight is 180 g/mol. The molecular formula is C8H6ClN3. The summed E-state index contributed by atoms with van der Waals surface area (Å²) < 4.78 is 0. The largest absolute Gasteiger partial charge is 0.396 e. The summed E-state index contributed by atoms with van der Waals surface area (Å²) in [6.45, 7) is 0. The quantitative estimate of drug-likeness (QED) is 0.628. The average Bonchev–Trinajstić information content (AvgIpc) is 2.12. The minimum absolute atomic E-state index is 0.511. The predicted octanol–water partition coefficient (Wildman–Crippen LogP) is 1.87. The highest BCUT2D eigenvalue weighted by molar-refractivity contribution is 6.34. The third-order valence-electron chi connectivity index (χ3n) is 1.66. The molecule has 0 amide bonds. The van der Waals surface area contributed by atoms with Gasteiger partial charge in [0.1, 0.15) is 6.33 Å². The van der Waals surface area contributed by atoms with Gasteiger partial charge in [-0.2, -0.15) is 0 Å². The molecule has 0 fully saturated rings. The first-order valence-corrected chi connectivity index (χ1v) is 3.80. The van der Waals surface area contributed by atoms with Gasteiger partial charge in [-0.15, -0.1) is 0 Å². The minimum Gasteiger partial charge on any atom is -0.396 e. The van der Waals surface area contributed by atoms with Crippen LogP contribution in [0.5, 0.6) is 0 Å². The van der Waals surface area contributed by atoms with Crippen LogP contribution in [0.3, 0.4) is 0 Å². The number of nitrogen functional groups attached to an aromatic ring is 1. The summed E-state index contributed by atoms with van der Waals surface area (Å²) in [6.07, 6.45) is 3.16. The summed E-state index contributed by atoms with van der Waals surface area (Å²) in [5, 5.41) is 1.43. The molecule has 0 radical (unpaired) electrons. The van der Waals surface area contributed by atoms with E-state index < -0.39 is 0 Å². The number of benzene rings is 1. The van der Waals surface area contributed by atoms with Crippen LogP contribution in [0.15, 0.2) is 24.7 Å². The lowest BCUT2D eigenvalue weighted by molar-refractivity contribution is 1.22. The standard InChI is InChI=1S/C8H6ClN3/c9-6-2-1-5-3-11-4-12-8(5)7(6)10/h1-4H,10H2. The first-order valence-electron chi connectivity index (χ1n) is 3.43. The van der Waals surface area contributed by atoms with E-state index in [1.807, 2.05) is 6.07 Å². The third kappa shape index (κ3) is 0.987. The molecule has 0 atom stereocenters. The van der Waals surface area contributed by atoms with Gasteiger partial charge < -0.3 is 5.73 Å². The van der Waals surface area contributed by atoms with Crippen molar-refractivity contribution in [2.24, 2.45) is 0 Å². The van der Waals surface area contributed by atoms with Crippen molar-refractivity contribution in [3.8, 4) is 0 Å². The Balaban J connectivity index is 2.91. The van der Waals surface area contributed by atoms with Crippen molar-refractivity contribution in [1.29, 1.82) is 0 Å². The van der Waals surface area contributed by atoms with Gasteiger partial charge in [-0.3, -0.25) is 0 Å². The highest BCUT2D eigenvalue weighted by atomic mass is 35.5. The molecule has 2 N–H and O–H groups in total. The summed E-state index contributed by atoms with van der Waals surface area (Å²) >= 11 is 5.80.